The molecule has 3 heteroatoms. The zero-order valence-corrected chi connectivity index (χ0v) is 8.35. The van der Waals surface area contributed by atoms with Crippen molar-refractivity contribution in [2.45, 2.75) is 25.9 Å². The number of carbonyl (C=O) groups is 1. The maximum atomic E-state index is 11.2. The molecule has 1 rings (SSSR count). The first kappa shape index (κ1) is 11.0. The van der Waals surface area contributed by atoms with Crippen LogP contribution in [0.15, 0.2) is 24.3 Å². The third-order valence-electron chi connectivity index (χ3n) is 2.23. The number of esters is 1. The number of hydrogen-bond donors (Lipinski definition) is 1. The first-order valence-electron chi connectivity index (χ1n) is 4.87. The van der Waals surface area contributed by atoms with Gasteiger partial charge in [0.2, 0.25) is 0 Å². The molecule has 0 aromatic heterocycles. The zero-order chi connectivity index (χ0) is 10.4. The summed E-state index contributed by atoms with van der Waals surface area (Å²) < 4.78 is 4.94. The van der Waals surface area contributed by atoms with E-state index >= 15 is 0 Å². The molecular weight excluding hydrogens is 180 g/mol. The predicted molar refractivity (Wildman–Crippen MR) is 53.6 cm³/mol. The Hall–Kier alpha value is -1.09. The average molecular weight is 196 g/mol. The summed E-state index contributed by atoms with van der Waals surface area (Å²) in [5, 5.41) is 8.80. The fourth-order valence-electron chi connectivity index (χ4n) is 1.46. The van der Waals surface area contributed by atoms with Crippen molar-refractivity contribution in [2.75, 3.05) is 6.61 Å². The number of carbonyl (C=O) groups excluding carboxylic acids is 1. The Morgan fingerprint density at radius 1 is 1.57 bits per heavy atom. The lowest BCUT2D eigenvalue weighted by Gasteiger charge is -2.01. The summed E-state index contributed by atoms with van der Waals surface area (Å²) in [7, 11) is 0. The molecule has 1 aliphatic heterocycles. The SMILES string of the molecule is C/C=C/C=C/C[C@@H]1C[C@@H](CO)OC1=O. The molecule has 0 bridgehead atoms. The minimum Gasteiger partial charge on any atom is -0.460 e. The second-order valence-corrected chi connectivity index (χ2v) is 3.36. The predicted octanol–water partition coefficient (Wildman–Crippen LogP) is 1.43. The molecule has 0 unspecified atom stereocenters. The van der Waals surface area contributed by atoms with E-state index in [-0.39, 0.29) is 24.6 Å². The maximum Gasteiger partial charge on any atom is 0.309 e. The summed E-state index contributed by atoms with van der Waals surface area (Å²) >= 11 is 0. The molecule has 1 N–H and O–H groups in total. The fraction of sp³-hybridized carbons (Fsp3) is 0.545. The molecule has 1 heterocycles. The molecule has 2 atom stereocenters. The van der Waals surface area contributed by atoms with Crippen LogP contribution >= 0.6 is 0 Å². The molecule has 1 aliphatic rings. The van der Waals surface area contributed by atoms with Crippen LogP contribution in [0.3, 0.4) is 0 Å². The molecule has 1 fully saturated rings. The number of ether oxygens (including phenoxy) is 1. The van der Waals surface area contributed by atoms with Gasteiger partial charge in [0, 0.05) is 6.42 Å². The summed E-state index contributed by atoms with van der Waals surface area (Å²) in [6, 6.07) is 0. The summed E-state index contributed by atoms with van der Waals surface area (Å²) in [4.78, 5) is 11.2. The molecular formula is C11H16O3. The van der Waals surface area contributed by atoms with Gasteiger partial charge in [-0.2, -0.15) is 0 Å². The highest BCUT2D eigenvalue weighted by Crippen LogP contribution is 2.23. The van der Waals surface area contributed by atoms with Crippen molar-refractivity contribution in [3.05, 3.63) is 24.3 Å². The van der Waals surface area contributed by atoms with Crippen molar-refractivity contribution in [1.29, 1.82) is 0 Å². The third-order valence-corrected chi connectivity index (χ3v) is 2.23. The van der Waals surface area contributed by atoms with Crippen LogP contribution in [0.25, 0.3) is 0 Å². The van der Waals surface area contributed by atoms with Gasteiger partial charge in [-0.15, -0.1) is 0 Å². The van der Waals surface area contributed by atoms with Gasteiger partial charge in [0.15, 0.2) is 0 Å². The largest absolute Gasteiger partial charge is 0.460 e. The molecule has 0 radical (unpaired) electrons. The van der Waals surface area contributed by atoms with E-state index in [1.807, 2.05) is 31.2 Å². The van der Waals surface area contributed by atoms with Crippen LogP contribution in [0.4, 0.5) is 0 Å². The number of cyclic esters (lactones) is 1. The lowest BCUT2D eigenvalue weighted by molar-refractivity contribution is -0.145. The lowest BCUT2D eigenvalue weighted by Crippen LogP contribution is -2.10. The Morgan fingerprint density at radius 2 is 2.36 bits per heavy atom. The van der Waals surface area contributed by atoms with Crippen molar-refractivity contribution < 1.29 is 14.6 Å². The molecule has 3 nitrogen and oxygen atoms in total. The molecule has 14 heavy (non-hydrogen) atoms. The highest BCUT2D eigenvalue weighted by Gasteiger charge is 2.32. The highest BCUT2D eigenvalue weighted by molar-refractivity contribution is 5.74. The van der Waals surface area contributed by atoms with Gasteiger partial charge in [-0.3, -0.25) is 4.79 Å². The Labute approximate surface area is 84.1 Å². The van der Waals surface area contributed by atoms with Gasteiger partial charge >= 0.3 is 5.97 Å². The topological polar surface area (TPSA) is 46.5 Å². The first-order chi connectivity index (χ1) is 6.77. The van der Waals surface area contributed by atoms with E-state index in [1.54, 1.807) is 0 Å². The van der Waals surface area contributed by atoms with Gasteiger partial charge in [-0.1, -0.05) is 24.3 Å². The van der Waals surface area contributed by atoms with Crippen LogP contribution in [-0.4, -0.2) is 23.8 Å². The number of rotatable bonds is 4. The summed E-state index contributed by atoms with van der Waals surface area (Å²) in [6.07, 6.45) is 8.76. The molecule has 0 spiro atoms. The van der Waals surface area contributed by atoms with E-state index in [4.69, 9.17) is 9.84 Å². The molecule has 0 aliphatic carbocycles. The average Bonchev–Trinajstić information content (AvgIpc) is 2.54. The summed E-state index contributed by atoms with van der Waals surface area (Å²) in [6.45, 7) is 1.87. The van der Waals surface area contributed by atoms with Gasteiger partial charge in [0.05, 0.1) is 12.5 Å². The second kappa shape index (κ2) is 5.60. The van der Waals surface area contributed by atoms with E-state index < -0.39 is 0 Å². The van der Waals surface area contributed by atoms with Gasteiger partial charge in [0.1, 0.15) is 6.10 Å². The van der Waals surface area contributed by atoms with Crippen LogP contribution < -0.4 is 0 Å². The monoisotopic (exact) mass is 196 g/mol. The third kappa shape index (κ3) is 3.00. The van der Waals surface area contributed by atoms with E-state index in [9.17, 15) is 4.79 Å². The van der Waals surface area contributed by atoms with Gasteiger partial charge in [0.25, 0.3) is 0 Å². The van der Waals surface area contributed by atoms with Crippen LogP contribution in [0, 0.1) is 5.92 Å². The molecule has 0 aromatic rings. The molecule has 0 aromatic carbocycles. The number of aliphatic hydroxyl groups excluding tert-OH is 1. The summed E-state index contributed by atoms with van der Waals surface area (Å²) in [5.41, 5.74) is 0. The minimum absolute atomic E-state index is 0.0686. The highest BCUT2D eigenvalue weighted by atomic mass is 16.6. The molecule has 0 saturated carbocycles. The standard InChI is InChI=1S/C11H16O3/c1-2-3-4-5-6-9-7-10(8-12)14-11(9)13/h2-5,9-10,12H,6-8H2,1H3/b3-2+,5-4+/t9-,10+/m1/s1. The van der Waals surface area contributed by atoms with E-state index in [0.29, 0.717) is 12.8 Å². The van der Waals surface area contributed by atoms with Gasteiger partial charge in [-0.05, 0) is 13.3 Å². The maximum absolute atomic E-state index is 11.2. The fourth-order valence-corrected chi connectivity index (χ4v) is 1.46. The van der Waals surface area contributed by atoms with Crippen molar-refractivity contribution in [3.8, 4) is 0 Å². The van der Waals surface area contributed by atoms with E-state index in [2.05, 4.69) is 0 Å². The molecule has 1 saturated heterocycles. The van der Waals surface area contributed by atoms with Crippen molar-refractivity contribution in [2.24, 2.45) is 5.92 Å². The normalized spacial score (nSPS) is 27.7. The van der Waals surface area contributed by atoms with Gasteiger partial charge < -0.3 is 9.84 Å². The van der Waals surface area contributed by atoms with E-state index in [0.717, 1.165) is 0 Å². The summed E-state index contributed by atoms with van der Waals surface area (Å²) in [5.74, 6) is -0.261. The quantitative estimate of drug-likeness (QED) is 0.546. The molecule has 78 valence electrons. The minimum atomic E-state index is -0.289. The van der Waals surface area contributed by atoms with Crippen molar-refractivity contribution in [1.82, 2.24) is 0 Å². The van der Waals surface area contributed by atoms with Crippen LogP contribution in [0.5, 0.6) is 0 Å². The molecule has 0 amide bonds. The van der Waals surface area contributed by atoms with Crippen LogP contribution in [0.2, 0.25) is 0 Å². The number of aliphatic hydroxyl groups is 1. The van der Waals surface area contributed by atoms with Crippen LogP contribution in [0.1, 0.15) is 19.8 Å². The lowest BCUT2D eigenvalue weighted by atomic mass is 10.0. The number of allylic oxidation sites excluding steroid dienone is 4. The smallest absolute Gasteiger partial charge is 0.309 e. The van der Waals surface area contributed by atoms with E-state index in [1.165, 1.54) is 0 Å². The van der Waals surface area contributed by atoms with Crippen molar-refractivity contribution in [3.63, 3.8) is 0 Å². The van der Waals surface area contributed by atoms with Crippen molar-refractivity contribution >= 4 is 5.97 Å². The van der Waals surface area contributed by atoms with Crippen LogP contribution in [-0.2, 0) is 9.53 Å². The second-order valence-electron chi connectivity index (χ2n) is 3.36. The Kier molecular flexibility index (Phi) is 4.40. The Bertz CT molecular complexity index is 243. The first-order valence-corrected chi connectivity index (χ1v) is 4.87. The van der Waals surface area contributed by atoms with Gasteiger partial charge in [-0.25, -0.2) is 0 Å². The number of hydrogen-bond acceptors (Lipinski definition) is 3. The Balaban J connectivity index is 2.35. The Morgan fingerprint density at radius 3 is 2.93 bits per heavy atom. The zero-order valence-electron chi connectivity index (χ0n) is 8.35.